The van der Waals surface area contributed by atoms with Crippen molar-refractivity contribution in [3.63, 3.8) is 0 Å². The number of aliphatic carboxylic acids is 1. The molecule has 1 atom stereocenters. The molecule has 0 amide bonds. The second kappa shape index (κ2) is 4.55. The van der Waals surface area contributed by atoms with Crippen LogP contribution in [0.3, 0.4) is 0 Å². The van der Waals surface area contributed by atoms with Crippen molar-refractivity contribution in [1.29, 1.82) is 0 Å². The number of benzene rings is 1. The van der Waals surface area contributed by atoms with Crippen molar-refractivity contribution < 1.29 is 9.90 Å². The maximum Gasteiger partial charge on any atom is 0.311 e. The lowest BCUT2D eigenvalue weighted by atomic mass is 9.81. The fourth-order valence-corrected chi connectivity index (χ4v) is 2.64. The Labute approximate surface area is 103 Å². The van der Waals surface area contributed by atoms with Crippen molar-refractivity contribution in [2.75, 3.05) is 13.1 Å². The van der Waals surface area contributed by atoms with Gasteiger partial charge in [0.1, 0.15) is 0 Å². The SMILES string of the molecule is O=C(O)[C@]1(Cc2cccc(Br)c2)CCNC1. The predicted molar refractivity (Wildman–Crippen MR) is 65.4 cm³/mol. The van der Waals surface area contributed by atoms with Crippen LogP contribution in [0.4, 0.5) is 0 Å². The van der Waals surface area contributed by atoms with Crippen LogP contribution < -0.4 is 5.32 Å². The molecule has 0 saturated carbocycles. The molecule has 1 heterocycles. The van der Waals surface area contributed by atoms with Crippen LogP contribution in [0, 0.1) is 5.41 Å². The molecule has 1 aromatic carbocycles. The Morgan fingerprint density at radius 3 is 2.94 bits per heavy atom. The van der Waals surface area contributed by atoms with Crippen LogP contribution in [0.5, 0.6) is 0 Å². The number of carbonyl (C=O) groups is 1. The zero-order valence-electron chi connectivity index (χ0n) is 8.87. The van der Waals surface area contributed by atoms with E-state index in [0.717, 1.165) is 16.6 Å². The van der Waals surface area contributed by atoms with Gasteiger partial charge in [0.2, 0.25) is 0 Å². The van der Waals surface area contributed by atoms with E-state index in [4.69, 9.17) is 0 Å². The monoisotopic (exact) mass is 283 g/mol. The number of halogens is 1. The number of carboxylic acid groups (broad SMARTS) is 1. The topological polar surface area (TPSA) is 49.3 Å². The van der Waals surface area contributed by atoms with Crippen LogP contribution in [-0.4, -0.2) is 24.2 Å². The standard InChI is InChI=1S/C12H14BrNO2/c13-10-3-1-2-9(6-10)7-12(11(15)16)4-5-14-8-12/h1-3,6,14H,4-5,7-8H2,(H,15,16)/t12-/m0/s1. The van der Waals surface area contributed by atoms with Gasteiger partial charge < -0.3 is 10.4 Å². The van der Waals surface area contributed by atoms with E-state index in [1.54, 1.807) is 0 Å². The summed E-state index contributed by atoms with van der Waals surface area (Å²) in [5.41, 5.74) is 0.446. The molecule has 0 aromatic heterocycles. The second-order valence-electron chi connectivity index (χ2n) is 4.32. The van der Waals surface area contributed by atoms with E-state index in [2.05, 4.69) is 21.2 Å². The Hall–Kier alpha value is -0.870. The smallest absolute Gasteiger partial charge is 0.311 e. The summed E-state index contributed by atoms with van der Waals surface area (Å²) in [6.45, 7) is 1.36. The third kappa shape index (κ3) is 2.28. The molecule has 0 radical (unpaired) electrons. The van der Waals surface area contributed by atoms with E-state index >= 15 is 0 Å². The number of carboxylic acids is 1. The van der Waals surface area contributed by atoms with Crippen LogP contribution >= 0.6 is 15.9 Å². The average Bonchev–Trinajstić information content (AvgIpc) is 2.67. The average molecular weight is 284 g/mol. The molecule has 0 spiro atoms. The van der Waals surface area contributed by atoms with Gasteiger partial charge in [-0.25, -0.2) is 0 Å². The molecule has 1 saturated heterocycles. The molecule has 0 unspecified atom stereocenters. The first-order valence-corrected chi connectivity index (χ1v) is 6.10. The van der Waals surface area contributed by atoms with Crippen LogP contribution in [0.25, 0.3) is 0 Å². The third-order valence-electron chi connectivity index (χ3n) is 3.13. The van der Waals surface area contributed by atoms with E-state index in [1.807, 2.05) is 24.3 Å². The normalized spacial score (nSPS) is 24.6. The van der Waals surface area contributed by atoms with Gasteiger partial charge >= 0.3 is 5.97 Å². The largest absolute Gasteiger partial charge is 0.481 e. The van der Waals surface area contributed by atoms with Gasteiger partial charge in [0, 0.05) is 11.0 Å². The molecule has 3 nitrogen and oxygen atoms in total. The van der Waals surface area contributed by atoms with Crippen molar-refractivity contribution in [2.24, 2.45) is 5.41 Å². The number of hydrogen-bond acceptors (Lipinski definition) is 2. The lowest BCUT2D eigenvalue weighted by molar-refractivity contribution is -0.147. The summed E-state index contributed by atoms with van der Waals surface area (Å²) in [4.78, 5) is 11.4. The van der Waals surface area contributed by atoms with Crippen LogP contribution in [-0.2, 0) is 11.2 Å². The Morgan fingerprint density at radius 1 is 1.56 bits per heavy atom. The van der Waals surface area contributed by atoms with Crippen LogP contribution in [0.15, 0.2) is 28.7 Å². The Kier molecular flexibility index (Phi) is 3.30. The molecule has 2 N–H and O–H groups in total. The van der Waals surface area contributed by atoms with Crippen LogP contribution in [0.2, 0.25) is 0 Å². The van der Waals surface area contributed by atoms with Crippen molar-refractivity contribution >= 4 is 21.9 Å². The molecule has 0 bridgehead atoms. The summed E-state index contributed by atoms with van der Waals surface area (Å²) in [6, 6.07) is 7.86. The molecule has 1 aliphatic rings. The molecule has 16 heavy (non-hydrogen) atoms. The molecule has 1 aromatic rings. The quantitative estimate of drug-likeness (QED) is 0.893. The maximum absolute atomic E-state index is 11.4. The minimum Gasteiger partial charge on any atom is -0.481 e. The van der Waals surface area contributed by atoms with Gasteiger partial charge in [-0.2, -0.15) is 0 Å². The van der Waals surface area contributed by atoms with Gasteiger partial charge in [0.05, 0.1) is 5.41 Å². The first kappa shape index (κ1) is 11.6. The highest BCUT2D eigenvalue weighted by atomic mass is 79.9. The summed E-state index contributed by atoms with van der Waals surface area (Å²) in [5, 5.41) is 12.5. The predicted octanol–water partition coefficient (Wildman–Crippen LogP) is 2.06. The summed E-state index contributed by atoms with van der Waals surface area (Å²) in [7, 11) is 0. The molecule has 86 valence electrons. The van der Waals surface area contributed by atoms with E-state index in [1.165, 1.54) is 0 Å². The van der Waals surface area contributed by atoms with E-state index in [-0.39, 0.29) is 0 Å². The fourth-order valence-electron chi connectivity index (χ4n) is 2.19. The van der Waals surface area contributed by atoms with Gasteiger partial charge in [0.15, 0.2) is 0 Å². The van der Waals surface area contributed by atoms with Gasteiger partial charge in [-0.15, -0.1) is 0 Å². The zero-order valence-corrected chi connectivity index (χ0v) is 10.5. The first-order chi connectivity index (χ1) is 7.62. The van der Waals surface area contributed by atoms with Crippen molar-refractivity contribution in [2.45, 2.75) is 12.8 Å². The van der Waals surface area contributed by atoms with Gasteiger partial charge in [-0.1, -0.05) is 28.1 Å². The Morgan fingerprint density at radius 2 is 2.38 bits per heavy atom. The Bertz CT molecular complexity index is 400. The molecular formula is C12H14BrNO2. The lowest BCUT2D eigenvalue weighted by Crippen LogP contribution is -2.35. The third-order valence-corrected chi connectivity index (χ3v) is 3.62. The first-order valence-electron chi connectivity index (χ1n) is 5.31. The van der Waals surface area contributed by atoms with Crippen LogP contribution in [0.1, 0.15) is 12.0 Å². The van der Waals surface area contributed by atoms with E-state index in [0.29, 0.717) is 19.4 Å². The molecule has 1 aliphatic heterocycles. The minimum atomic E-state index is -0.697. The fraction of sp³-hybridized carbons (Fsp3) is 0.417. The zero-order chi connectivity index (χ0) is 11.6. The number of hydrogen-bond donors (Lipinski definition) is 2. The van der Waals surface area contributed by atoms with Gasteiger partial charge in [-0.05, 0) is 37.1 Å². The van der Waals surface area contributed by atoms with Gasteiger partial charge in [-0.3, -0.25) is 4.79 Å². The summed E-state index contributed by atoms with van der Waals surface area (Å²) < 4.78 is 0.997. The van der Waals surface area contributed by atoms with Crippen molar-refractivity contribution in [3.05, 3.63) is 34.3 Å². The molecule has 4 heteroatoms. The summed E-state index contributed by atoms with van der Waals surface area (Å²) >= 11 is 3.40. The number of rotatable bonds is 3. The highest BCUT2D eigenvalue weighted by molar-refractivity contribution is 9.10. The maximum atomic E-state index is 11.4. The molecule has 2 rings (SSSR count). The number of nitrogens with one attached hydrogen (secondary N) is 1. The minimum absolute atomic E-state index is 0.564. The molecule has 0 aliphatic carbocycles. The van der Waals surface area contributed by atoms with Gasteiger partial charge in [0.25, 0.3) is 0 Å². The highest BCUT2D eigenvalue weighted by Gasteiger charge is 2.41. The van der Waals surface area contributed by atoms with E-state index < -0.39 is 11.4 Å². The molecular weight excluding hydrogens is 270 g/mol. The van der Waals surface area contributed by atoms with Crippen molar-refractivity contribution in [3.8, 4) is 0 Å². The highest BCUT2D eigenvalue weighted by Crippen LogP contribution is 2.31. The molecule has 1 fully saturated rings. The lowest BCUT2D eigenvalue weighted by Gasteiger charge is -2.22. The van der Waals surface area contributed by atoms with E-state index in [9.17, 15) is 9.90 Å². The summed E-state index contributed by atoms with van der Waals surface area (Å²) in [5.74, 6) is -0.697. The van der Waals surface area contributed by atoms with Crippen molar-refractivity contribution in [1.82, 2.24) is 5.32 Å². The second-order valence-corrected chi connectivity index (χ2v) is 5.23. The Balaban J connectivity index is 2.21. The summed E-state index contributed by atoms with van der Waals surface area (Å²) in [6.07, 6.45) is 1.30.